The van der Waals surface area contributed by atoms with Crippen LogP contribution in [0.25, 0.3) is 0 Å². The highest BCUT2D eigenvalue weighted by atomic mass is 16.5. The first kappa shape index (κ1) is 16.3. The SMILES string of the molecule is CC(CCO)CNC(=O)Nc1ccc(OC(C)C)cc1. The van der Waals surface area contributed by atoms with E-state index < -0.39 is 0 Å². The lowest BCUT2D eigenvalue weighted by Gasteiger charge is -2.13. The number of rotatable bonds is 7. The smallest absolute Gasteiger partial charge is 0.319 e. The maximum absolute atomic E-state index is 11.7. The zero-order valence-corrected chi connectivity index (χ0v) is 12.3. The molecule has 0 fully saturated rings. The number of carbonyl (C=O) groups excluding carboxylic acids is 1. The molecular weight excluding hydrogens is 256 g/mol. The van der Waals surface area contributed by atoms with Crippen LogP contribution in [0.15, 0.2) is 24.3 Å². The summed E-state index contributed by atoms with van der Waals surface area (Å²) in [5.74, 6) is 1.04. The van der Waals surface area contributed by atoms with Crippen LogP contribution < -0.4 is 15.4 Å². The number of nitrogens with one attached hydrogen (secondary N) is 2. The Morgan fingerprint density at radius 1 is 1.25 bits per heavy atom. The van der Waals surface area contributed by atoms with Gasteiger partial charge in [-0.15, -0.1) is 0 Å². The van der Waals surface area contributed by atoms with E-state index in [0.717, 1.165) is 5.75 Å². The van der Waals surface area contributed by atoms with Gasteiger partial charge in [0.15, 0.2) is 0 Å². The van der Waals surface area contributed by atoms with Crippen molar-refractivity contribution in [2.24, 2.45) is 5.92 Å². The van der Waals surface area contributed by atoms with Crippen molar-refractivity contribution in [3.8, 4) is 5.75 Å². The Labute approximate surface area is 120 Å². The van der Waals surface area contributed by atoms with Crippen molar-refractivity contribution in [2.45, 2.75) is 33.3 Å². The molecule has 0 saturated carbocycles. The maximum atomic E-state index is 11.7. The first-order valence-corrected chi connectivity index (χ1v) is 6.93. The van der Waals surface area contributed by atoms with Crippen LogP contribution in [-0.2, 0) is 0 Å². The zero-order chi connectivity index (χ0) is 15.0. The summed E-state index contributed by atoms with van der Waals surface area (Å²) in [7, 11) is 0. The van der Waals surface area contributed by atoms with E-state index in [9.17, 15) is 4.79 Å². The average molecular weight is 280 g/mol. The molecule has 0 bridgehead atoms. The Balaban J connectivity index is 2.38. The van der Waals surface area contributed by atoms with E-state index in [2.05, 4.69) is 10.6 Å². The summed E-state index contributed by atoms with van der Waals surface area (Å²) in [6, 6.07) is 7.00. The van der Waals surface area contributed by atoms with Gasteiger partial charge in [-0.05, 0) is 50.5 Å². The second-order valence-electron chi connectivity index (χ2n) is 5.14. The van der Waals surface area contributed by atoms with E-state index in [-0.39, 0.29) is 24.7 Å². The molecule has 0 aliphatic rings. The molecule has 3 N–H and O–H groups in total. The molecule has 0 spiro atoms. The number of hydrogen-bond acceptors (Lipinski definition) is 3. The monoisotopic (exact) mass is 280 g/mol. The van der Waals surface area contributed by atoms with E-state index in [1.54, 1.807) is 12.1 Å². The molecule has 1 atom stereocenters. The number of aliphatic hydroxyl groups excluding tert-OH is 1. The third-order valence-corrected chi connectivity index (χ3v) is 2.72. The first-order valence-electron chi connectivity index (χ1n) is 6.93. The van der Waals surface area contributed by atoms with Gasteiger partial charge < -0.3 is 20.5 Å². The van der Waals surface area contributed by atoms with Gasteiger partial charge in [0, 0.05) is 18.8 Å². The summed E-state index contributed by atoms with van der Waals surface area (Å²) in [5.41, 5.74) is 0.716. The summed E-state index contributed by atoms with van der Waals surface area (Å²) in [4.78, 5) is 11.7. The third-order valence-electron chi connectivity index (χ3n) is 2.72. The highest BCUT2D eigenvalue weighted by molar-refractivity contribution is 5.89. The van der Waals surface area contributed by atoms with Gasteiger partial charge in [0.25, 0.3) is 0 Å². The molecule has 0 aromatic heterocycles. The molecule has 1 aromatic carbocycles. The molecule has 1 unspecified atom stereocenters. The number of urea groups is 1. The Kier molecular flexibility index (Phi) is 6.87. The lowest BCUT2D eigenvalue weighted by molar-refractivity contribution is 0.242. The van der Waals surface area contributed by atoms with E-state index in [4.69, 9.17) is 9.84 Å². The Bertz CT molecular complexity index is 404. The minimum atomic E-state index is -0.243. The third kappa shape index (κ3) is 6.43. The second-order valence-corrected chi connectivity index (χ2v) is 5.14. The van der Waals surface area contributed by atoms with Crippen molar-refractivity contribution in [3.63, 3.8) is 0 Å². The molecule has 0 radical (unpaired) electrons. The maximum Gasteiger partial charge on any atom is 0.319 e. The highest BCUT2D eigenvalue weighted by Crippen LogP contribution is 2.16. The van der Waals surface area contributed by atoms with Crippen molar-refractivity contribution in [3.05, 3.63) is 24.3 Å². The van der Waals surface area contributed by atoms with Crippen LogP contribution in [0, 0.1) is 5.92 Å². The van der Waals surface area contributed by atoms with Gasteiger partial charge in [-0.1, -0.05) is 6.92 Å². The predicted molar refractivity (Wildman–Crippen MR) is 80.1 cm³/mol. The van der Waals surface area contributed by atoms with E-state index in [1.807, 2.05) is 32.9 Å². The summed E-state index contributed by atoms with van der Waals surface area (Å²) in [5, 5.41) is 14.3. The van der Waals surface area contributed by atoms with Gasteiger partial charge in [0.2, 0.25) is 0 Å². The molecule has 0 aliphatic carbocycles. The molecule has 112 valence electrons. The minimum Gasteiger partial charge on any atom is -0.491 e. The average Bonchev–Trinajstić information content (AvgIpc) is 2.38. The Hall–Kier alpha value is -1.75. The normalized spacial score (nSPS) is 12.1. The van der Waals surface area contributed by atoms with Crippen molar-refractivity contribution < 1.29 is 14.6 Å². The van der Waals surface area contributed by atoms with Crippen LogP contribution in [0.4, 0.5) is 10.5 Å². The molecule has 0 heterocycles. The number of aliphatic hydroxyl groups is 1. The van der Waals surface area contributed by atoms with Crippen LogP contribution >= 0.6 is 0 Å². The van der Waals surface area contributed by atoms with Crippen molar-refractivity contribution in [1.82, 2.24) is 5.32 Å². The van der Waals surface area contributed by atoms with Crippen molar-refractivity contribution >= 4 is 11.7 Å². The fraction of sp³-hybridized carbons (Fsp3) is 0.533. The zero-order valence-electron chi connectivity index (χ0n) is 12.3. The molecule has 20 heavy (non-hydrogen) atoms. The van der Waals surface area contributed by atoms with Gasteiger partial charge in [0.1, 0.15) is 5.75 Å². The molecule has 0 saturated heterocycles. The number of anilines is 1. The molecule has 1 rings (SSSR count). The summed E-state index contributed by atoms with van der Waals surface area (Å²) in [6.07, 6.45) is 0.812. The summed E-state index contributed by atoms with van der Waals surface area (Å²) < 4.78 is 5.53. The number of ether oxygens (including phenoxy) is 1. The number of amides is 2. The number of benzene rings is 1. The minimum absolute atomic E-state index is 0.130. The number of carbonyl (C=O) groups is 1. The lowest BCUT2D eigenvalue weighted by atomic mass is 10.1. The van der Waals surface area contributed by atoms with Gasteiger partial charge in [-0.3, -0.25) is 0 Å². The van der Waals surface area contributed by atoms with Crippen LogP contribution in [-0.4, -0.2) is 30.4 Å². The molecule has 0 aliphatic heterocycles. The highest BCUT2D eigenvalue weighted by Gasteiger charge is 2.05. The van der Waals surface area contributed by atoms with Crippen LogP contribution in [0.1, 0.15) is 27.2 Å². The van der Waals surface area contributed by atoms with Gasteiger partial charge in [0.05, 0.1) is 6.10 Å². The van der Waals surface area contributed by atoms with Gasteiger partial charge >= 0.3 is 6.03 Å². The molecular formula is C15H24N2O3. The summed E-state index contributed by atoms with van der Waals surface area (Å²) >= 11 is 0. The van der Waals surface area contributed by atoms with Crippen LogP contribution in [0.2, 0.25) is 0 Å². The topological polar surface area (TPSA) is 70.6 Å². The molecule has 5 heteroatoms. The lowest BCUT2D eigenvalue weighted by Crippen LogP contribution is -2.32. The first-order chi connectivity index (χ1) is 9.51. The van der Waals surface area contributed by atoms with Gasteiger partial charge in [-0.2, -0.15) is 0 Å². The van der Waals surface area contributed by atoms with Crippen molar-refractivity contribution in [2.75, 3.05) is 18.5 Å². The van der Waals surface area contributed by atoms with Crippen LogP contribution in [0.3, 0.4) is 0 Å². The quantitative estimate of drug-likeness (QED) is 0.719. The predicted octanol–water partition coefficient (Wildman–Crippen LogP) is 2.61. The molecule has 5 nitrogen and oxygen atoms in total. The Morgan fingerprint density at radius 3 is 2.45 bits per heavy atom. The van der Waals surface area contributed by atoms with E-state index >= 15 is 0 Å². The van der Waals surface area contributed by atoms with Crippen molar-refractivity contribution in [1.29, 1.82) is 0 Å². The summed E-state index contributed by atoms with van der Waals surface area (Å²) in [6.45, 7) is 6.59. The second kappa shape index (κ2) is 8.43. The Morgan fingerprint density at radius 2 is 1.90 bits per heavy atom. The van der Waals surface area contributed by atoms with Gasteiger partial charge in [-0.25, -0.2) is 4.79 Å². The van der Waals surface area contributed by atoms with E-state index in [1.165, 1.54) is 0 Å². The largest absolute Gasteiger partial charge is 0.491 e. The molecule has 1 aromatic rings. The standard InChI is InChI=1S/C15H24N2O3/c1-11(2)20-14-6-4-13(5-7-14)17-15(19)16-10-12(3)8-9-18/h4-7,11-12,18H,8-10H2,1-3H3,(H2,16,17,19). The number of hydrogen-bond donors (Lipinski definition) is 3. The van der Waals surface area contributed by atoms with E-state index in [0.29, 0.717) is 18.7 Å². The fourth-order valence-electron chi connectivity index (χ4n) is 1.65. The molecule has 2 amide bonds. The fourth-order valence-corrected chi connectivity index (χ4v) is 1.65. The van der Waals surface area contributed by atoms with Crippen LogP contribution in [0.5, 0.6) is 5.75 Å².